The number of halogens is 1. The van der Waals surface area contributed by atoms with Crippen molar-refractivity contribution in [1.82, 2.24) is 4.90 Å². The maximum atomic E-state index is 13.1. The summed E-state index contributed by atoms with van der Waals surface area (Å²) < 4.78 is 18.3. The Morgan fingerprint density at radius 1 is 0.917 bits per heavy atom. The molecule has 0 spiro atoms. The Hall–Kier alpha value is -2.07. The number of methoxy groups -OCH3 is 1. The van der Waals surface area contributed by atoms with Crippen LogP contribution in [0.5, 0.6) is 5.75 Å². The molecule has 2 aromatic carbocycles. The summed E-state index contributed by atoms with van der Waals surface area (Å²) in [4.78, 5) is 4.88. The van der Waals surface area contributed by atoms with Crippen LogP contribution in [0.3, 0.4) is 0 Å². The first-order valence-electron chi connectivity index (χ1n) is 8.60. The van der Waals surface area contributed by atoms with E-state index < -0.39 is 0 Å². The van der Waals surface area contributed by atoms with Crippen LogP contribution in [0.15, 0.2) is 48.5 Å². The lowest BCUT2D eigenvalue weighted by atomic mass is 10.1. The summed E-state index contributed by atoms with van der Waals surface area (Å²) in [6.45, 7) is 5.27. The van der Waals surface area contributed by atoms with Crippen LogP contribution < -0.4 is 9.64 Å². The van der Waals surface area contributed by atoms with Gasteiger partial charge in [-0.1, -0.05) is 12.1 Å². The molecule has 0 unspecified atom stereocenters. The molecule has 1 fully saturated rings. The molecule has 0 N–H and O–H groups in total. The molecule has 0 saturated carbocycles. The van der Waals surface area contributed by atoms with E-state index in [1.165, 1.54) is 5.56 Å². The molecule has 24 heavy (non-hydrogen) atoms. The second-order valence-electron chi connectivity index (χ2n) is 6.26. The molecule has 1 aliphatic rings. The molecule has 4 heteroatoms. The molecule has 128 valence electrons. The van der Waals surface area contributed by atoms with Crippen LogP contribution in [-0.2, 0) is 6.42 Å². The standard InChI is InChI=1S/C20H25FN2O/c1-24-20-9-3-17(4-10-20)11-14-22-12-2-13-23(16-15-22)19-7-5-18(21)6-8-19/h3-10H,2,11-16H2,1H3. The Morgan fingerprint density at radius 2 is 1.67 bits per heavy atom. The zero-order valence-corrected chi connectivity index (χ0v) is 14.2. The monoisotopic (exact) mass is 328 g/mol. The normalized spacial score (nSPS) is 16.0. The zero-order chi connectivity index (χ0) is 16.8. The van der Waals surface area contributed by atoms with E-state index in [1.807, 2.05) is 24.3 Å². The number of hydrogen-bond acceptors (Lipinski definition) is 3. The molecule has 1 saturated heterocycles. The van der Waals surface area contributed by atoms with Gasteiger partial charge in [0.25, 0.3) is 0 Å². The van der Waals surface area contributed by atoms with E-state index in [-0.39, 0.29) is 5.82 Å². The topological polar surface area (TPSA) is 15.7 Å². The van der Waals surface area contributed by atoms with Crippen molar-refractivity contribution < 1.29 is 9.13 Å². The summed E-state index contributed by atoms with van der Waals surface area (Å²) in [6, 6.07) is 15.2. The van der Waals surface area contributed by atoms with Gasteiger partial charge in [0.1, 0.15) is 11.6 Å². The Balaban J connectivity index is 1.50. The van der Waals surface area contributed by atoms with Gasteiger partial charge in [0.05, 0.1) is 7.11 Å². The van der Waals surface area contributed by atoms with Crippen molar-refractivity contribution in [3.05, 3.63) is 59.9 Å². The average molecular weight is 328 g/mol. The first kappa shape index (κ1) is 16.8. The number of nitrogens with zero attached hydrogens (tertiary/aromatic N) is 2. The highest BCUT2D eigenvalue weighted by molar-refractivity contribution is 5.46. The molecule has 1 heterocycles. The third kappa shape index (κ3) is 4.48. The highest BCUT2D eigenvalue weighted by Gasteiger charge is 2.15. The lowest BCUT2D eigenvalue weighted by Crippen LogP contribution is -2.32. The number of ether oxygens (including phenoxy) is 1. The lowest BCUT2D eigenvalue weighted by Gasteiger charge is -2.23. The fourth-order valence-corrected chi connectivity index (χ4v) is 3.18. The van der Waals surface area contributed by atoms with E-state index in [4.69, 9.17) is 4.74 Å². The van der Waals surface area contributed by atoms with Gasteiger partial charge in [0, 0.05) is 31.9 Å². The van der Waals surface area contributed by atoms with E-state index in [9.17, 15) is 4.39 Å². The molecule has 2 aromatic rings. The largest absolute Gasteiger partial charge is 0.497 e. The SMILES string of the molecule is COc1ccc(CCN2CCCN(c3ccc(F)cc3)CC2)cc1. The fraction of sp³-hybridized carbons (Fsp3) is 0.400. The second kappa shape index (κ2) is 8.15. The van der Waals surface area contributed by atoms with Crippen molar-refractivity contribution in [3.63, 3.8) is 0 Å². The van der Waals surface area contributed by atoms with Crippen molar-refractivity contribution >= 4 is 5.69 Å². The second-order valence-corrected chi connectivity index (χ2v) is 6.26. The van der Waals surface area contributed by atoms with E-state index >= 15 is 0 Å². The molecule has 1 aliphatic heterocycles. The number of rotatable bonds is 5. The fourth-order valence-electron chi connectivity index (χ4n) is 3.18. The molecular formula is C20H25FN2O. The Bertz CT molecular complexity index is 627. The quantitative estimate of drug-likeness (QED) is 0.834. The smallest absolute Gasteiger partial charge is 0.123 e. The molecule has 0 radical (unpaired) electrons. The summed E-state index contributed by atoms with van der Waals surface area (Å²) in [5.74, 6) is 0.734. The summed E-state index contributed by atoms with van der Waals surface area (Å²) in [7, 11) is 1.69. The number of hydrogen-bond donors (Lipinski definition) is 0. The summed E-state index contributed by atoms with van der Waals surface area (Å²) >= 11 is 0. The Morgan fingerprint density at radius 3 is 2.38 bits per heavy atom. The van der Waals surface area contributed by atoms with Crippen molar-refractivity contribution in [2.24, 2.45) is 0 Å². The predicted molar refractivity (Wildman–Crippen MR) is 96.4 cm³/mol. The van der Waals surface area contributed by atoms with Gasteiger partial charge in [0.2, 0.25) is 0 Å². The van der Waals surface area contributed by atoms with Gasteiger partial charge >= 0.3 is 0 Å². The number of benzene rings is 2. The van der Waals surface area contributed by atoms with Gasteiger partial charge in [-0.05, 0) is 61.3 Å². The van der Waals surface area contributed by atoms with Gasteiger partial charge in [-0.15, -0.1) is 0 Å². The maximum Gasteiger partial charge on any atom is 0.123 e. The van der Waals surface area contributed by atoms with E-state index in [0.29, 0.717) is 0 Å². The highest BCUT2D eigenvalue weighted by Crippen LogP contribution is 2.17. The molecule has 0 aliphatic carbocycles. The van der Waals surface area contributed by atoms with E-state index in [0.717, 1.165) is 57.0 Å². The molecule has 0 atom stereocenters. The van der Waals surface area contributed by atoms with Gasteiger partial charge in [-0.25, -0.2) is 4.39 Å². The van der Waals surface area contributed by atoms with E-state index in [2.05, 4.69) is 21.9 Å². The van der Waals surface area contributed by atoms with Gasteiger partial charge < -0.3 is 14.5 Å². The van der Waals surface area contributed by atoms with Crippen LogP contribution in [0.1, 0.15) is 12.0 Å². The van der Waals surface area contributed by atoms with Gasteiger partial charge in [0.15, 0.2) is 0 Å². The van der Waals surface area contributed by atoms with E-state index in [1.54, 1.807) is 19.2 Å². The average Bonchev–Trinajstić information content (AvgIpc) is 2.87. The minimum absolute atomic E-state index is 0.172. The van der Waals surface area contributed by atoms with Crippen molar-refractivity contribution in [1.29, 1.82) is 0 Å². The minimum Gasteiger partial charge on any atom is -0.497 e. The third-order valence-corrected chi connectivity index (χ3v) is 4.66. The molecule has 0 amide bonds. The molecular weight excluding hydrogens is 303 g/mol. The Labute approximate surface area is 143 Å². The summed E-state index contributed by atoms with van der Waals surface area (Å²) in [5.41, 5.74) is 2.46. The summed E-state index contributed by atoms with van der Waals surface area (Å²) in [5, 5.41) is 0. The molecule has 0 bridgehead atoms. The lowest BCUT2D eigenvalue weighted by molar-refractivity contribution is 0.297. The zero-order valence-electron chi connectivity index (χ0n) is 14.2. The van der Waals surface area contributed by atoms with Gasteiger partial charge in [-0.3, -0.25) is 0 Å². The Kier molecular flexibility index (Phi) is 5.70. The van der Waals surface area contributed by atoms with Crippen LogP contribution in [0.25, 0.3) is 0 Å². The van der Waals surface area contributed by atoms with Crippen LogP contribution in [-0.4, -0.2) is 44.7 Å². The maximum absolute atomic E-state index is 13.1. The van der Waals surface area contributed by atoms with Crippen molar-refractivity contribution in [2.75, 3.05) is 44.7 Å². The highest BCUT2D eigenvalue weighted by atomic mass is 19.1. The van der Waals surface area contributed by atoms with Crippen LogP contribution in [0.4, 0.5) is 10.1 Å². The molecule has 3 nitrogen and oxygen atoms in total. The van der Waals surface area contributed by atoms with Crippen LogP contribution in [0.2, 0.25) is 0 Å². The molecule has 0 aromatic heterocycles. The number of anilines is 1. The van der Waals surface area contributed by atoms with Crippen molar-refractivity contribution in [2.45, 2.75) is 12.8 Å². The van der Waals surface area contributed by atoms with Gasteiger partial charge in [-0.2, -0.15) is 0 Å². The van der Waals surface area contributed by atoms with Crippen LogP contribution >= 0.6 is 0 Å². The first-order valence-corrected chi connectivity index (χ1v) is 8.60. The third-order valence-electron chi connectivity index (χ3n) is 4.66. The predicted octanol–water partition coefficient (Wildman–Crippen LogP) is 3.59. The summed E-state index contributed by atoms with van der Waals surface area (Å²) in [6.07, 6.45) is 2.19. The van der Waals surface area contributed by atoms with Crippen molar-refractivity contribution in [3.8, 4) is 5.75 Å². The minimum atomic E-state index is -0.172. The first-order chi connectivity index (χ1) is 11.7. The van der Waals surface area contributed by atoms with Crippen LogP contribution in [0, 0.1) is 5.82 Å². The molecule has 3 rings (SSSR count).